The van der Waals surface area contributed by atoms with Gasteiger partial charge in [-0.05, 0) is 24.3 Å². The number of hydrogen-bond donors (Lipinski definition) is 1. The summed E-state index contributed by atoms with van der Waals surface area (Å²) in [6, 6.07) is 9.53. The molecule has 2 unspecified atom stereocenters. The van der Waals surface area contributed by atoms with Gasteiger partial charge in [-0.1, -0.05) is 37.3 Å². The van der Waals surface area contributed by atoms with Gasteiger partial charge in [0.05, 0.1) is 12.0 Å². The van der Waals surface area contributed by atoms with Crippen molar-refractivity contribution in [2.75, 3.05) is 0 Å². The molecule has 1 aliphatic rings. The molecule has 4 nitrogen and oxygen atoms in total. The van der Waals surface area contributed by atoms with Gasteiger partial charge >= 0.3 is 5.97 Å². The third kappa shape index (κ3) is 3.45. The number of rotatable bonds is 7. The molecule has 0 spiro atoms. The lowest BCUT2D eigenvalue weighted by atomic mass is 10.0. The van der Waals surface area contributed by atoms with Crippen molar-refractivity contribution in [1.29, 1.82) is 0 Å². The molecule has 20 heavy (non-hydrogen) atoms. The molecular weight excluding hydrogens is 254 g/mol. The molecule has 1 saturated carbocycles. The van der Waals surface area contributed by atoms with Crippen LogP contribution in [0, 0.1) is 5.92 Å². The average molecular weight is 275 g/mol. The third-order valence-electron chi connectivity index (χ3n) is 3.80. The molecule has 2 rings (SSSR count). The fourth-order valence-corrected chi connectivity index (χ4v) is 2.40. The van der Waals surface area contributed by atoms with Crippen molar-refractivity contribution in [3.63, 3.8) is 0 Å². The summed E-state index contributed by atoms with van der Waals surface area (Å²) in [5, 5.41) is 0. The Hall–Kier alpha value is -1.68. The summed E-state index contributed by atoms with van der Waals surface area (Å²) >= 11 is 0. The lowest BCUT2D eigenvalue weighted by Crippen LogP contribution is -2.35. The molecule has 1 aromatic carbocycles. The van der Waals surface area contributed by atoms with Crippen LogP contribution >= 0.6 is 0 Å². The maximum atomic E-state index is 11.8. The van der Waals surface area contributed by atoms with Gasteiger partial charge in [0.15, 0.2) is 5.78 Å². The first-order valence-corrected chi connectivity index (χ1v) is 7.08. The molecular formula is C16H21NO3. The Morgan fingerprint density at radius 3 is 2.70 bits per heavy atom. The molecule has 1 aromatic rings. The second-order valence-corrected chi connectivity index (χ2v) is 5.46. The van der Waals surface area contributed by atoms with Crippen LogP contribution in [0.4, 0.5) is 0 Å². The molecule has 0 aliphatic heterocycles. The van der Waals surface area contributed by atoms with E-state index in [1.54, 1.807) is 0 Å². The number of Topliss-reactive ketones (excluding diaryl/α,β-unsaturated/α-hetero) is 1. The van der Waals surface area contributed by atoms with Crippen molar-refractivity contribution < 1.29 is 14.3 Å². The van der Waals surface area contributed by atoms with Crippen LogP contribution in [0.15, 0.2) is 30.3 Å². The zero-order valence-corrected chi connectivity index (χ0v) is 11.8. The first-order chi connectivity index (χ1) is 9.56. The number of ketones is 1. The summed E-state index contributed by atoms with van der Waals surface area (Å²) in [4.78, 5) is 23.6. The van der Waals surface area contributed by atoms with Crippen molar-refractivity contribution in [3.8, 4) is 0 Å². The van der Waals surface area contributed by atoms with Gasteiger partial charge in [-0.2, -0.15) is 0 Å². The second-order valence-electron chi connectivity index (χ2n) is 5.46. The lowest BCUT2D eigenvalue weighted by molar-refractivity contribution is -0.145. The number of carbonyl (C=O) groups is 2. The molecule has 1 aliphatic carbocycles. The first kappa shape index (κ1) is 14.7. The Labute approximate surface area is 119 Å². The van der Waals surface area contributed by atoms with Gasteiger partial charge in [-0.3, -0.25) is 9.59 Å². The smallest absolute Gasteiger partial charge is 0.306 e. The van der Waals surface area contributed by atoms with Crippen molar-refractivity contribution in [2.24, 2.45) is 11.7 Å². The maximum Gasteiger partial charge on any atom is 0.306 e. The standard InChI is InChI=1S/C16H21NO3/c1-2-6-14(18)16(17)10-13(16)9-15(19)20-11-12-7-4-3-5-8-12/h3-5,7-8,13H,2,6,9-11,17H2,1H3. The Kier molecular flexibility index (Phi) is 4.55. The van der Waals surface area contributed by atoms with E-state index >= 15 is 0 Å². The summed E-state index contributed by atoms with van der Waals surface area (Å²) in [6.45, 7) is 2.22. The average Bonchev–Trinajstić information content (AvgIpc) is 3.10. The highest BCUT2D eigenvalue weighted by Gasteiger charge is 2.56. The number of benzene rings is 1. The minimum atomic E-state index is -0.776. The normalized spacial score (nSPS) is 24.2. The van der Waals surface area contributed by atoms with E-state index in [9.17, 15) is 9.59 Å². The molecule has 1 fully saturated rings. The minimum Gasteiger partial charge on any atom is -0.461 e. The molecule has 4 heteroatoms. The molecule has 0 radical (unpaired) electrons. The first-order valence-electron chi connectivity index (χ1n) is 7.08. The van der Waals surface area contributed by atoms with Gasteiger partial charge in [0.2, 0.25) is 0 Å². The lowest BCUT2D eigenvalue weighted by Gasteiger charge is -2.09. The minimum absolute atomic E-state index is 0.0511. The zero-order valence-electron chi connectivity index (χ0n) is 11.8. The summed E-state index contributed by atoms with van der Waals surface area (Å²) in [5.41, 5.74) is 6.20. The Morgan fingerprint density at radius 2 is 2.05 bits per heavy atom. The summed E-state index contributed by atoms with van der Waals surface area (Å²) in [7, 11) is 0. The van der Waals surface area contributed by atoms with Crippen molar-refractivity contribution >= 4 is 11.8 Å². The van der Waals surface area contributed by atoms with Crippen LogP contribution in [0.3, 0.4) is 0 Å². The van der Waals surface area contributed by atoms with Crippen LogP contribution in [0.1, 0.15) is 38.2 Å². The summed E-state index contributed by atoms with van der Waals surface area (Å²) in [5.74, 6) is -0.263. The van der Waals surface area contributed by atoms with Gasteiger partial charge in [-0.25, -0.2) is 0 Å². The molecule has 0 heterocycles. The van der Waals surface area contributed by atoms with E-state index in [0.29, 0.717) is 12.8 Å². The topological polar surface area (TPSA) is 69.4 Å². The van der Waals surface area contributed by atoms with Gasteiger partial charge in [0, 0.05) is 6.42 Å². The monoisotopic (exact) mass is 275 g/mol. The van der Waals surface area contributed by atoms with Gasteiger partial charge in [0.1, 0.15) is 6.61 Å². The number of nitrogens with two attached hydrogens (primary N) is 1. The third-order valence-corrected chi connectivity index (χ3v) is 3.80. The highest BCUT2D eigenvalue weighted by atomic mass is 16.5. The van der Waals surface area contributed by atoms with E-state index in [1.807, 2.05) is 37.3 Å². The van der Waals surface area contributed by atoms with Crippen LogP contribution in [-0.2, 0) is 20.9 Å². The molecule has 2 N–H and O–H groups in total. The largest absolute Gasteiger partial charge is 0.461 e. The molecule has 0 amide bonds. The summed E-state index contributed by atoms with van der Waals surface area (Å²) < 4.78 is 5.21. The zero-order chi connectivity index (χ0) is 14.6. The second kappa shape index (κ2) is 6.18. The van der Waals surface area contributed by atoms with Crippen LogP contribution in [0.25, 0.3) is 0 Å². The highest BCUT2D eigenvalue weighted by Crippen LogP contribution is 2.45. The molecule has 0 saturated heterocycles. The van der Waals surface area contributed by atoms with Gasteiger partial charge < -0.3 is 10.5 Å². The molecule has 2 atom stereocenters. The predicted octanol–water partition coefficient (Wildman–Crippen LogP) is 2.21. The van der Waals surface area contributed by atoms with Crippen LogP contribution in [0.2, 0.25) is 0 Å². The number of ether oxygens (including phenoxy) is 1. The predicted molar refractivity (Wildman–Crippen MR) is 75.8 cm³/mol. The van der Waals surface area contributed by atoms with Gasteiger partial charge in [0.25, 0.3) is 0 Å². The van der Waals surface area contributed by atoms with Crippen LogP contribution in [0.5, 0.6) is 0 Å². The maximum absolute atomic E-state index is 11.8. The number of esters is 1. The molecule has 108 valence electrons. The van der Waals surface area contributed by atoms with Crippen molar-refractivity contribution in [2.45, 2.75) is 44.8 Å². The quantitative estimate of drug-likeness (QED) is 0.775. The van der Waals surface area contributed by atoms with Crippen molar-refractivity contribution in [1.82, 2.24) is 0 Å². The highest BCUT2D eigenvalue weighted by molar-refractivity contribution is 5.92. The Morgan fingerprint density at radius 1 is 1.35 bits per heavy atom. The van der Waals surface area contributed by atoms with Crippen LogP contribution < -0.4 is 5.73 Å². The number of hydrogen-bond acceptors (Lipinski definition) is 4. The van der Waals surface area contributed by atoms with E-state index in [2.05, 4.69) is 0 Å². The van der Waals surface area contributed by atoms with E-state index in [-0.39, 0.29) is 30.7 Å². The van der Waals surface area contributed by atoms with E-state index in [4.69, 9.17) is 10.5 Å². The fourth-order valence-electron chi connectivity index (χ4n) is 2.40. The molecule has 0 aromatic heterocycles. The SMILES string of the molecule is CCCC(=O)C1(N)CC1CC(=O)OCc1ccccc1. The Bertz CT molecular complexity index is 486. The number of carbonyl (C=O) groups excluding carboxylic acids is 2. The van der Waals surface area contributed by atoms with Crippen molar-refractivity contribution in [3.05, 3.63) is 35.9 Å². The van der Waals surface area contributed by atoms with Crippen LogP contribution in [-0.4, -0.2) is 17.3 Å². The van der Waals surface area contributed by atoms with E-state index < -0.39 is 5.54 Å². The van der Waals surface area contributed by atoms with E-state index in [0.717, 1.165) is 12.0 Å². The van der Waals surface area contributed by atoms with Gasteiger partial charge in [-0.15, -0.1) is 0 Å². The summed E-state index contributed by atoms with van der Waals surface area (Å²) in [6.07, 6.45) is 2.13. The molecule has 0 bridgehead atoms. The van der Waals surface area contributed by atoms with E-state index in [1.165, 1.54) is 0 Å². The fraction of sp³-hybridized carbons (Fsp3) is 0.500. The Balaban J connectivity index is 1.75.